The van der Waals surface area contributed by atoms with Crippen molar-refractivity contribution in [3.8, 4) is 0 Å². The third-order valence-corrected chi connectivity index (χ3v) is 10.0. The maximum atomic E-state index is 10.0. The van der Waals surface area contributed by atoms with Crippen molar-refractivity contribution >= 4 is 31.4 Å². The summed E-state index contributed by atoms with van der Waals surface area (Å²) in [6.45, 7) is 39.5. The van der Waals surface area contributed by atoms with Gasteiger partial charge in [0.1, 0.15) is 0 Å². The molecule has 0 rings (SSSR count). The van der Waals surface area contributed by atoms with E-state index in [1.54, 1.807) is 13.8 Å². The maximum absolute atomic E-state index is 10.0. The highest BCUT2D eigenvalue weighted by molar-refractivity contribution is 7.86. The van der Waals surface area contributed by atoms with E-state index in [9.17, 15) is 17.5 Å². The summed E-state index contributed by atoms with van der Waals surface area (Å²) < 4.78 is 53.1. The Bertz CT molecular complexity index is 921. The first kappa shape index (κ1) is 58.7. The van der Waals surface area contributed by atoms with Crippen LogP contribution >= 0.6 is 15.4 Å². The third-order valence-electron chi connectivity index (χ3n) is 6.77. The molecule has 0 heterocycles. The van der Waals surface area contributed by atoms with Gasteiger partial charge in [0.15, 0.2) is 0 Å². The number of hydrogen-bond donors (Lipinski definition) is 7. The van der Waals surface area contributed by atoms with Gasteiger partial charge in [-0.15, -0.1) is 0 Å². The minimum Gasteiger partial charge on any atom is -0.388 e. The van der Waals surface area contributed by atoms with Gasteiger partial charge < -0.3 is 34.7 Å². The molecule has 0 amide bonds. The zero-order chi connectivity index (χ0) is 39.6. The Hall–Kier alpha value is -0.440. The highest BCUT2D eigenvalue weighted by Crippen LogP contribution is 2.40. The van der Waals surface area contributed by atoms with Gasteiger partial charge in [-0.1, -0.05) is 41.5 Å². The molecular weight excluding hydrogens is 670 g/mol. The second-order valence-corrected chi connectivity index (χ2v) is 18.0. The number of phosphoric ester groups is 1. The molecule has 0 spiro atoms. The molecular formula is C30H77N4O10P2S+. The van der Waals surface area contributed by atoms with Crippen LogP contribution in [0.25, 0.3) is 0 Å². The van der Waals surface area contributed by atoms with E-state index in [0.29, 0.717) is 12.0 Å². The Morgan fingerprint density at radius 2 is 1.09 bits per heavy atom. The van der Waals surface area contributed by atoms with Crippen LogP contribution in [-0.4, -0.2) is 110 Å². The van der Waals surface area contributed by atoms with Gasteiger partial charge in [-0.2, -0.15) is 8.42 Å². The number of hydrogen-bond acceptors (Lipinski definition) is 7. The van der Waals surface area contributed by atoms with E-state index in [1.165, 1.54) is 64.9 Å². The quantitative estimate of drug-likeness (QED) is 0.0360. The Balaban J connectivity index is -0.000000108. The van der Waals surface area contributed by atoms with Crippen molar-refractivity contribution in [2.24, 2.45) is 11.7 Å². The zero-order valence-corrected chi connectivity index (χ0v) is 35.4. The van der Waals surface area contributed by atoms with Crippen LogP contribution in [0.4, 0.5) is 0 Å². The molecule has 0 aromatic heterocycles. The van der Waals surface area contributed by atoms with Crippen LogP contribution in [0.3, 0.4) is 0 Å². The van der Waals surface area contributed by atoms with Crippen molar-refractivity contribution in [2.45, 2.75) is 153 Å². The summed E-state index contributed by atoms with van der Waals surface area (Å²) in [5, 5.41) is 6.13. The molecule has 0 saturated heterocycles. The van der Waals surface area contributed by atoms with E-state index in [-0.39, 0.29) is 5.84 Å². The highest BCUT2D eigenvalue weighted by atomic mass is 32.2. The number of rotatable bonds is 13. The largest absolute Gasteiger partial charge is 0.469 e. The Morgan fingerprint density at radius 1 is 0.787 bits per heavy atom. The van der Waals surface area contributed by atoms with Gasteiger partial charge in [-0.05, 0) is 95.2 Å². The predicted octanol–water partition coefficient (Wildman–Crippen LogP) is 6.34. The molecule has 0 aliphatic rings. The van der Waals surface area contributed by atoms with E-state index in [2.05, 4.69) is 71.7 Å². The summed E-state index contributed by atoms with van der Waals surface area (Å²) in [5.74, 6) is 0.813. The molecule has 0 radical (unpaired) electrons. The molecule has 0 atom stereocenters. The minimum absolute atomic E-state index is 0.287. The summed E-state index contributed by atoms with van der Waals surface area (Å²) in [4.78, 5) is 35.0. The van der Waals surface area contributed by atoms with Crippen LogP contribution in [0.5, 0.6) is 0 Å². The van der Waals surface area contributed by atoms with Crippen molar-refractivity contribution in [3.63, 3.8) is 0 Å². The second kappa shape index (κ2) is 30.4. The molecule has 0 bridgehead atoms. The summed E-state index contributed by atoms with van der Waals surface area (Å²) in [7, 11) is -11.7. The van der Waals surface area contributed by atoms with Gasteiger partial charge in [-0.3, -0.25) is 19.1 Å². The molecule has 0 saturated carbocycles. The molecule has 0 aliphatic carbocycles. The summed E-state index contributed by atoms with van der Waals surface area (Å²) >= 11 is 0. The van der Waals surface area contributed by atoms with Gasteiger partial charge in [-0.25, -0.2) is 4.57 Å². The third kappa shape index (κ3) is 45.6. The van der Waals surface area contributed by atoms with Gasteiger partial charge in [0.05, 0.1) is 48.5 Å². The van der Waals surface area contributed by atoms with E-state index in [4.69, 9.17) is 35.3 Å². The molecule has 47 heavy (non-hydrogen) atoms. The first-order valence-electron chi connectivity index (χ1n) is 16.5. The first-order valence-corrected chi connectivity index (χ1v) is 21.2. The predicted molar refractivity (Wildman–Crippen MR) is 199 cm³/mol. The van der Waals surface area contributed by atoms with Crippen LogP contribution in [0.15, 0.2) is 0 Å². The van der Waals surface area contributed by atoms with E-state index in [1.807, 2.05) is 13.8 Å². The zero-order valence-electron chi connectivity index (χ0n) is 32.8. The average molecular weight is 748 g/mol. The van der Waals surface area contributed by atoms with Gasteiger partial charge in [0.25, 0.3) is 10.1 Å². The van der Waals surface area contributed by atoms with Crippen molar-refractivity contribution in [3.05, 3.63) is 0 Å². The minimum atomic E-state index is -4.22. The molecule has 0 aromatic carbocycles. The fraction of sp³-hybridized carbons (Fsp3) is 0.967. The maximum Gasteiger partial charge on any atom is 0.469 e. The van der Waals surface area contributed by atoms with Crippen molar-refractivity contribution in [2.75, 3.05) is 32.7 Å². The van der Waals surface area contributed by atoms with Crippen molar-refractivity contribution < 1.29 is 50.7 Å². The molecule has 0 fully saturated rings. The summed E-state index contributed by atoms with van der Waals surface area (Å²) in [5.41, 5.74) is 4.54. The molecule has 0 aromatic rings. The monoisotopic (exact) mass is 747 g/mol. The van der Waals surface area contributed by atoms with Crippen LogP contribution in [0.2, 0.25) is 0 Å². The van der Waals surface area contributed by atoms with E-state index < -0.39 is 42.5 Å². The molecule has 292 valence electrons. The van der Waals surface area contributed by atoms with Gasteiger partial charge in [0, 0.05) is 12.5 Å². The number of quaternary nitrogens is 1. The lowest BCUT2D eigenvalue weighted by molar-refractivity contribution is -0.943. The fourth-order valence-electron chi connectivity index (χ4n) is 3.43. The lowest BCUT2D eigenvalue weighted by atomic mass is 10.1. The van der Waals surface area contributed by atoms with Crippen molar-refractivity contribution in [1.29, 1.82) is 5.41 Å². The lowest BCUT2D eigenvalue weighted by Gasteiger charge is -2.39. The number of amidine groups is 1. The summed E-state index contributed by atoms with van der Waals surface area (Å²) in [6, 6.07) is 1.49. The van der Waals surface area contributed by atoms with Crippen molar-refractivity contribution in [1.82, 2.24) is 4.90 Å². The Morgan fingerprint density at radius 3 is 1.09 bits per heavy atom. The topological polar surface area (TPSA) is 232 Å². The summed E-state index contributed by atoms with van der Waals surface area (Å²) in [6.07, 6.45) is 0.302. The second-order valence-electron chi connectivity index (χ2n) is 12.6. The number of phosphoric acid groups is 1. The number of nitrogens with one attached hydrogen (secondary N) is 1. The molecule has 0 unspecified atom stereocenters. The SMILES string of the molecule is CC(C)CC(=N)N.CC(C)OP(=O)(O)O.CC(C)P(=O)(O)O.CC(C)S(=O)(=O)O.CCN(CC)C(C)C.CC[N+](CC)(CC)C(C)C. The van der Waals surface area contributed by atoms with Gasteiger partial charge >= 0.3 is 15.4 Å². The van der Waals surface area contributed by atoms with Crippen LogP contribution in [-0.2, 0) is 23.8 Å². The number of nitrogens with two attached hydrogens (primary N) is 1. The fourth-order valence-corrected chi connectivity index (χ4v) is 3.98. The normalized spacial score (nSPS) is 11.9. The molecule has 14 nitrogen and oxygen atoms in total. The smallest absolute Gasteiger partial charge is 0.388 e. The van der Waals surface area contributed by atoms with Gasteiger partial charge in [0.2, 0.25) is 0 Å². The van der Waals surface area contributed by atoms with Crippen LogP contribution in [0.1, 0.15) is 124 Å². The molecule has 8 N–H and O–H groups in total. The molecule has 17 heteroatoms. The standard InChI is InChI=1S/C9H22N.C7H17N.C5H12N2.C3H9O4P.C3H9O3P.C3H8O3S/c1-6-10(7-2,8-3)9(4)5;1-5-8(6-2)7(3)4;1-4(2)3-5(6)7;1-3(2)7-8(4,5)6;2*1-3(2)7(4,5)6/h9H,6-8H2,1-5H3;7H,5-6H2,1-4H3;4H,3H2,1-2H3,(H3,6,7);3H,1-2H3,(H2,4,5,6);3H,1-2H3,(H2,4,5,6);3H,1-2H3,(H,4,5,6)/q+1;;;;;. The first-order chi connectivity index (χ1) is 20.8. The number of nitrogens with zero attached hydrogens (tertiary/aromatic N) is 2. The van der Waals surface area contributed by atoms with Crippen LogP contribution < -0.4 is 5.73 Å². The lowest BCUT2D eigenvalue weighted by Crippen LogP contribution is -2.52. The molecule has 0 aliphatic heterocycles. The van der Waals surface area contributed by atoms with E-state index >= 15 is 0 Å². The van der Waals surface area contributed by atoms with E-state index in [0.717, 1.165) is 12.5 Å². The highest BCUT2D eigenvalue weighted by Gasteiger charge is 2.24. The Labute approximate surface area is 289 Å². The average Bonchev–Trinajstić information content (AvgIpc) is 2.84. The van der Waals surface area contributed by atoms with Crippen LogP contribution in [0, 0.1) is 11.3 Å². The Kier molecular flexibility index (Phi) is 38.0.